The predicted octanol–water partition coefficient (Wildman–Crippen LogP) is 2.83. The van der Waals surface area contributed by atoms with Crippen LogP contribution < -0.4 is 0 Å². The van der Waals surface area contributed by atoms with Gasteiger partial charge in [-0.25, -0.2) is 0 Å². The van der Waals surface area contributed by atoms with Crippen LogP contribution in [0.1, 0.15) is 46.5 Å². The Kier molecular flexibility index (Phi) is 2.18. The molecule has 0 aromatic heterocycles. The first-order valence-electron chi connectivity index (χ1n) is 5.75. The molecule has 0 aromatic rings. The molecule has 0 aliphatic heterocycles. The summed E-state index contributed by atoms with van der Waals surface area (Å²) in [6, 6.07) is 0. The molecule has 2 saturated carbocycles. The minimum absolute atomic E-state index is 0.0506. The van der Waals surface area contributed by atoms with Crippen molar-refractivity contribution < 1.29 is 5.11 Å². The quantitative estimate of drug-likeness (QED) is 0.696. The van der Waals surface area contributed by atoms with Crippen molar-refractivity contribution >= 4 is 0 Å². The van der Waals surface area contributed by atoms with Crippen molar-refractivity contribution in [2.24, 2.45) is 23.2 Å². The normalized spacial score (nSPS) is 43.8. The van der Waals surface area contributed by atoms with Gasteiger partial charge in [-0.1, -0.05) is 20.8 Å². The molecular formula is C12H22O. The number of fused-ring (bicyclic) bond motifs is 2. The monoisotopic (exact) mass is 182 g/mol. The van der Waals surface area contributed by atoms with Gasteiger partial charge in [-0.15, -0.1) is 0 Å². The summed E-state index contributed by atoms with van der Waals surface area (Å²) in [5.41, 5.74) is 0.401. The van der Waals surface area contributed by atoms with Crippen LogP contribution in [-0.4, -0.2) is 11.2 Å². The highest BCUT2D eigenvalue weighted by molar-refractivity contribution is 5.03. The lowest BCUT2D eigenvalue weighted by atomic mass is 9.66. The molecule has 0 saturated heterocycles. The molecule has 13 heavy (non-hydrogen) atoms. The zero-order valence-electron chi connectivity index (χ0n) is 9.09. The van der Waals surface area contributed by atoms with Gasteiger partial charge in [-0.05, 0) is 48.9 Å². The van der Waals surface area contributed by atoms with Crippen molar-refractivity contribution in [2.45, 2.75) is 52.6 Å². The first-order chi connectivity index (χ1) is 6.07. The first-order valence-corrected chi connectivity index (χ1v) is 5.75. The summed E-state index contributed by atoms with van der Waals surface area (Å²) in [6.45, 7) is 6.83. The summed E-state index contributed by atoms with van der Waals surface area (Å²) in [5.74, 6) is 2.30. The van der Waals surface area contributed by atoms with Crippen molar-refractivity contribution in [3.63, 3.8) is 0 Å². The van der Waals surface area contributed by atoms with Gasteiger partial charge < -0.3 is 5.11 Å². The molecule has 1 heteroatoms. The Hall–Kier alpha value is -0.0400. The fourth-order valence-electron chi connectivity index (χ4n) is 3.96. The molecule has 0 amide bonds. The van der Waals surface area contributed by atoms with E-state index in [-0.39, 0.29) is 6.10 Å². The molecule has 1 N–H and O–H groups in total. The van der Waals surface area contributed by atoms with Gasteiger partial charge >= 0.3 is 0 Å². The van der Waals surface area contributed by atoms with Crippen LogP contribution in [0, 0.1) is 23.2 Å². The van der Waals surface area contributed by atoms with E-state index in [1.165, 1.54) is 19.3 Å². The average Bonchev–Trinajstić information content (AvgIpc) is 2.60. The van der Waals surface area contributed by atoms with Gasteiger partial charge in [0.05, 0.1) is 6.10 Å². The highest BCUT2D eigenvalue weighted by Crippen LogP contribution is 2.60. The van der Waals surface area contributed by atoms with E-state index in [0.29, 0.717) is 11.3 Å². The first kappa shape index (κ1) is 9.51. The molecule has 1 nitrogen and oxygen atoms in total. The minimum atomic E-state index is -0.0506. The van der Waals surface area contributed by atoms with Crippen LogP contribution in [0.2, 0.25) is 0 Å². The van der Waals surface area contributed by atoms with Gasteiger partial charge in [-0.2, -0.15) is 0 Å². The topological polar surface area (TPSA) is 20.2 Å². The van der Waals surface area contributed by atoms with Crippen LogP contribution in [0.3, 0.4) is 0 Å². The third-order valence-electron chi connectivity index (χ3n) is 4.73. The van der Waals surface area contributed by atoms with Crippen LogP contribution in [-0.2, 0) is 0 Å². The minimum Gasteiger partial charge on any atom is -0.393 e. The van der Waals surface area contributed by atoms with Gasteiger partial charge in [0.15, 0.2) is 0 Å². The standard InChI is InChI=1S/C12H22O/c1-4-10(13)11-8-5-6-9(7-8)12(11,2)3/h8-11,13H,4-7H2,1-3H3. The summed E-state index contributed by atoms with van der Waals surface area (Å²) in [7, 11) is 0. The van der Waals surface area contributed by atoms with E-state index >= 15 is 0 Å². The number of rotatable bonds is 2. The van der Waals surface area contributed by atoms with E-state index in [9.17, 15) is 5.11 Å². The molecule has 0 radical (unpaired) electrons. The van der Waals surface area contributed by atoms with Gasteiger partial charge in [0.2, 0.25) is 0 Å². The van der Waals surface area contributed by atoms with Gasteiger partial charge in [-0.3, -0.25) is 0 Å². The average molecular weight is 182 g/mol. The summed E-state index contributed by atoms with van der Waals surface area (Å²) in [5, 5.41) is 10.0. The van der Waals surface area contributed by atoms with Crippen molar-refractivity contribution in [3.8, 4) is 0 Å². The summed E-state index contributed by atoms with van der Waals surface area (Å²) in [4.78, 5) is 0. The molecule has 2 aliphatic carbocycles. The molecule has 0 spiro atoms. The molecule has 76 valence electrons. The molecule has 4 atom stereocenters. The molecular weight excluding hydrogens is 160 g/mol. The molecule has 2 rings (SSSR count). The van der Waals surface area contributed by atoms with E-state index in [0.717, 1.165) is 18.3 Å². The highest BCUT2D eigenvalue weighted by atomic mass is 16.3. The largest absolute Gasteiger partial charge is 0.393 e. The predicted molar refractivity (Wildman–Crippen MR) is 54.4 cm³/mol. The van der Waals surface area contributed by atoms with E-state index in [1.807, 2.05) is 0 Å². The zero-order chi connectivity index (χ0) is 9.64. The smallest absolute Gasteiger partial charge is 0.0573 e. The number of aliphatic hydroxyl groups excluding tert-OH is 1. The molecule has 2 bridgehead atoms. The fourth-order valence-corrected chi connectivity index (χ4v) is 3.96. The maximum Gasteiger partial charge on any atom is 0.0573 e. The van der Waals surface area contributed by atoms with Crippen LogP contribution in [0.25, 0.3) is 0 Å². The SMILES string of the molecule is CCC(O)C1C2CCC(C2)C1(C)C. The van der Waals surface area contributed by atoms with Crippen LogP contribution in [0.4, 0.5) is 0 Å². The van der Waals surface area contributed by atoms with E-state index in [2.05, 4.69) is 20.8 Å². The second kappa shape index (κ2) is 2.98. The van der Waals surface area contributed by atoms with E-state index < -0.39 is 0 Å². The number of hydrogen-bond acceptors (Lipinski definition) is 1. The molecule has 2 fully saturated rings. The summed E-state index contributed by atoms with van der Waals surface area (Å²) < 4.78 is 0. The van der Waals surface area contributed by atoms with Crippen molar-refractivity contribution in [3.05, 3.63) is 0 Å². The van der Waals surface area contributed by atoms with Crippen molar-refractivity contribution in [1.82, 2.24) is 0 Å². The second-order valence-corrected chi connectivity index (χ2v) is 5.59. The van der Waals surface area contributed by atoms with Crippen LogP contribution >= 0.6 is 0 Å². The van der Waals surface area contributed by atoms with Crippen LogP contribution in [0.15, 0.2) is 0 Å². The van der Waals surface area contributed by atoms with Gasteiger partial charge in [0, 0.05) is 0 Å². The summed E-state index contributed by atoms with van der Waals surface area (Å²) in [6.07, 6.45) is 5.04. The molecule has 2 aliphatic rings. The zero-order valence-corrected chi connectivity index (χ0v) is 9.09. The molecule has 0 heterocycles. The van der Waals surface area contributed by atoms with Crippen molar-refractivity contribution in [2.75, 3.05) is 0 Å². The maximum absolute atomic E-state index is 10.0. The Balaban J connectivity index is 2.18. The Labute approximate surface area is 81.5 Å². The Morgan fingerprint density at radius 2 is 2.08 bits per heavy atom. The third-order valence-corrected chi connectivity index (χ3v) is 4.73. The van der Waals surface area contributed by atoms with Gasteiger partial charge in [0.1, 0.15) is 0 Å². The number of aliphatic hydroxyl groups is 1. The lowest BCUT2D eigenvalue weighted by Gasteiger charge is -2.40. The molecule has 4 unspecified atom stereocenters. The van der Waals surface area contributed by atoms with Gasteiger partial charge in [0.25, 0.3) is 0 Å². The van der Waals surface area contributed by atoms with Crippen molar-refractivity contribution in [1.29, 1.82) is 0 Å². The number of hydrogen-bond donors (Lipinski definition) is 1. The highest BCUT2D eigenvalue weighted by Gasteiger charge is 2.54. The molecule has 0 aromatic carbocycles. The summed E-state index contributed by atoms with van der Waals surface area (Å²) >= 11 is 0. The van der Waals surface area contributed by atoms with E-state index in [1.54, 1.807) is 0 Å². The Morgan fingerprint density at radius 3 is 2.54 bits per heavy atom. The van der Waals surface area contributed by atoms with Crippen LogP contribution in [0.5, 0.6) is 0 Å². The Bertz CT molecular complexity index is 197. The second-order valence-electron chi connectivity index (χ2n) is 5.59. The lowest BCUT2D eigenvalue weighted by Crippen LogP contribution is -2.38. The Morgan fingerprint density at radius 1 is 1.38 bits per heavy atom. The fraction of sp³-hybridized carbons (Fsp3) is 1.00. The third kappa shape index (κ3) is 1.24. The maximum atomic E-state index is 10.0. The lowest BCUT2D eigenvalue weighted by molar-refractivity contribution is -0.00394. The van der Waals surface area contributed by atoms with E-state index in [4.69, 9.17) is 0 Å².